The Labute approximate surface area is 340 Å². The minimum absolute atomic E-state index is 0.162. The summed E-state index contributed by atoms with van der Waals surface area (Å²) in [5.74, 6) is 0. The van der Waals surface area contributed by atoms with Gasteiger partial charge in [-0.25, -0.2) is 0 Å². The summed E-state index contributed by atoms with van der Waals surface area (Å²) in [5.41, 5.74) is 14.1. The first-order chi connectivity index (χ1) is 28.1. The van der Waals surface area contributed by atoms with Crippen LogP contribution in [0.15, 0.2) is 193 Å². The summed E-state index contributed by atoms with van der Waals surface area (Å²) in [5, 5.41) is 5.17. The van der Waals surface area contributed by atoms with Crippen molar-refractivity contribution >= 4 is 47.3 Å². The molecule has 0 amide bonds. The standard InChI is InChI=1S/2C21H17.2C6H5.2CH3.Hf.H2Si/c2*1-2-15-13-17-9-6-12-20(21(17)14-15)19-11-5-8-16-7-3-4-10-18(16)19;2*1-2-4-6-5-3-1;;;;/h2*3-14H,2H2,1H3;2*1-5H;2*1H3;;1H2. The first-order valence-electron chi connectivity index (χ1n) is 21.3. The Morgan fingerprint density at radius 1 is 0.397 bits per heavy atom. The Balaban J connectivity index is 1.37. The summed E-state index contributed by atoms with van der Waals surface area (Å²) in [7, 11) is 0. The van der Waals surface area contributed by atoms with Gasteiger partial charge in [-0.05, 0) is 0 Å². The van der Waals surface area contributed by atoms with Gasteiger partial charge in [0.05, 0.1) is 0 Å². The van der Waals surface area contributed by atoms with Gasteiger partial charge in [-0.3, -0.25) is 0 Å². The van der Waals surface area contributed by atoms with Crippen molar-refractivity contribution in [3.63, 3.8) is 0 Å². The molecule has 0 aromatic heterocycles. The van der Waals surface area contributed by atoms with Crippen molar-refractivity contribution < 1.29 is 14.2 Å². The molecule has 58 heavy (non-hydrogen) atoms. The van der Waals surface area contributed by atoms with Gasteiger partial charge in [0.15, 0.2) is 0 Å². The van der Waals surface area contributed by atoms with E-state index >= 15 is 0 Å². The van der Waals surface area contributed by atoms with Crippen molar-refractivity contribution in [2.75, 3.05) is 0 Å². The summed E-state index contributed by atoms with van der Waals surface area (Å²) in [6.07, 6.45) is 7.23. The number of allylic oxidation sites excluding steroid dienone is 2. The van der Waals surface area contributed by atoms with E-state index in [-0.39, 0.29) is 7.35 Å². The molecule has 0 radical (unpaired) electrons. The second-order valence-corrected chi connectivity index (χ2v) is 87.6. The van der Waals surface area contributed by atoms with Crippen LogP contribution in [0.2, 0.25) is 9.36 Å². The molecule has 2 atom stereocenters. The fraction of sp³-hybridized carbons (Fsp3) is 0.143. The van der Waals surface area contributed by atoms with Crippen molar-refractivity contribution in [1.29, 1.82) is 0 Å². The van der Waals surface area contributed by atoms with Gasteiger partial charge in [-0.1, -0.05) is 0 Å². The second-order valence-electron chi connectivity index (χ2n) is 19.4. The molecule has 284 valence electrons. The van der Waals surface area contributed by atoms with Gasteiger partial charge in [-0.15, -0.1) is 0 Å². The van der Waals surface area contributed by atoms with Gasteiger partial charge in [0.25, 0.3) is 0 Å². The van der Waals surface area contributed by atoms with Gasteiger partial charge >= 0.3 is 343 Å². The molecule has 0 saturated heterocycles. The maximum absolute atomic E-state index is 6.28. The van der Waals surface area contributed by atoms with Crippen LogP contribution in [0.3, 0.4) is 0 Å². The first-order valence-corrected chi connectivity index (χ1v) is 44.6. The van der Waals surface area contributed by atoms with Crippen LogP contribution in [-0.4, -0.2) is 6.94 Å². The quantitative estimate of drug-likeness (QED) is 0.133. The molecular weight excluding hydrogens is 879 g/mol. The van der Waals surface area contributed by atoms with Crippen LogP contribution >= 0.6 is 0 Å². The first kappa shape index (κ1) is 37.1. The fourth-order valence-corrected chi connectivity index (χ4v) is 68.8. The van der Waals surface area contributed by atoms with E-state index in [0.717, 1.165) is 12.8 Å². The van der Waals surface area contributed by atoms with E-state index in [9.17, 15) is 0 Å². The summed E-state index contributed by atoms with van der Waals surface area (Å²) in [6.45, 7) is 7.31. The maximum atomic E-state index is 2.88. The second kappa shape index (κ2) is 12.4. The molecule has 0 heterocycles. The van der Waals surface area contributed by atoms with E-state index in [2.05, 4.69) is 224 Å². The molecule has 0 spiro atoms. The van der Waals surface area contributed by atoms with Crippen LogP contribution in [-0.2, 0) is 14.2 Å². The van der Waals surface area contributed by atoms with Crippen LogP contribution < -0.4 is 6.64 Å². The molecule has 2 unspecified atom stereocenters. The molecule has 0 aliphatic heterocycles. The normalized spacial score (nSPS) is 18.0. The van der Waals surface area contributed by atoms with E-state index in [1.165, 1.54) is 72.7 Å². The zero-order chi connectivity index (χ0) is 39.8. The molecule has 0 bridgehead atoms. The molecular formula is C56H52HfSi. The van der Waals surface area contributed by atoms with Crippen LogP contribution in [0.4, 0.5) is 0 Å². The minimum atomic E-state index is -6.28. The van der Waals surface area contributed by atoms with Crippen LogP contribution in [0, 0.1) is 0 Å². The van der Waals surface area contributed by atoms with Crippen LogP contribution in [0.1, 0.15) is 56.3 Å². The van der Waals surface area contributed by atoms with E-state index < -0.39 is 14.2 Å². The average Bonchev–Trinajstić information content (AvgIpc) is 3.88. The number of hydrogen-bond acceptors (Lipinski definition) is 0. The number of hydrogen-bond donors (Lipinski definition) is 0. The zero-order valence-electron chi connectivity index (χ0n) is 34.3. The molecule has 8 aromatic carbocycles. The Bertz CT molecular complexity index is 2950. The third-order valence-corrected chi connectivity index (χ3v) is 72.3. The summed E-state index contributed by atoms with van der Waals surface area (Å²) in [4.78, 5) is 0. The van der Waals surface area contributed by atoms with Crippen molar-refractivity contribution in [3.8, 4) is 22.3 Å². The van der Waals surface area contributed by atoms with Gasteiger partial charge in [0, 0.05) is 0 Å². The topological polar surface area (TPSA) is 0 Å². The van der Waals surface area contributed by atoms with E-state index in [0.29, 0.717) is 0 Å². The molecule has 8 aromatic rings. The van der Waals surface area contributed by atoms with Gasteiger partial charge < -0.3 is 0 Å². The molecule has 0 nitrogen and oxygen atoms in total. The van der Waals surface area contributed by atoms with Crippen LogP contribution in [0.25, 0.3) is 56.0 Å². The Kier molecular flexibility index (Phi) is 7.96. The zero-order valence-corrected chi connectivity index (χ0v) is 39.3. The van der Waals surface area contributed by atoms with E-state index in [1.54, 1.807) is 11.1 Å². The van der Waals surface area contributed by atoms with E-state index in [4.69, 9.17) is 0 Å². The Morgan fingerprint density at radius 2 is 0.741 bits per heavy atom. The van der Waals surface area contributed by atoms with Gasteiger partial charge in [0.1, 0.15) is 0 Å². The Hall–Kier alpha value is -5.15. The average molecular weight is 932 g/mol. The molecule has 2 aliphatic rings. The number of benzene rings is 8. The summed E-state index contributed by atoms with van der Waals surface area (Å²) < 4.78 is 9.14. The third kappa shape index (κ3) is 4.65. The summed E-state index contributed by atoms with van der Waals surface area (Å²) in [6, 6.07) is 69.7. The van der Waals surface area contributed by atoms with Crippen LogP contribution in [0.5, 0.6) is 0 Å². The van der Waals surface area contributed by atoms with Crippen molar-refractivity contribution in [2.24, 2.45) is 0 Å². The monoisotopic (exact) mass is 932 g/mol. The SMILES string of the molecule is CCC1=Cc2c(-c3cccc4ccccc34)cccc2[CH]1[Hf]([CH3])([CH3])(=[SiH2])([c]1ccccc1)([c]1ccccc1)[CH]1C(CC)=Cc2c(-c3cccc4ccccc34)cccc21. The summed E-state index contributed by atoms with van der Waals surface area (Å²) >= 11 is -6.28. The molecule has 10 rings (SSSR count). The van der Waals surface area contributed by atoms with Crippen molar-refractivity contribution in [3.05, 3.63) is 215 Å². The fourth-order valence-electron chi connectivity index (χ4n) is 13.2. The van der Waals surface area contributed by atoms with Gasteiger partial charge in [-0.2, -0.15) is 0 Å². The predicted molar refractivity (Wildman–Crippen MR) is 253 cm³/mol. The van der Waals surface area contributed by atoms with Gasteiger partial charge in [0.2, 0.25) is 0 Å². The van der Waals surface area contributed by atoms with E-state index in [1.807, 2.05) is 0 Å². The molecule has 2 heteroatoms. The molecule has 0 N–H and O–H groups in total. The number of fused-ring (bicyclic) bond motifs is 4. The molecule has 2 aliphatic carbocycles. The van der Waals surface area contributed by atoms with Crippen molar-refractivity contribution in [1.82, 2.24) is 0 Å². The molecule has 0 saturated carbocycles. The molecule has 0 fully saturated rings. The third-order valence-electron chi connectivity index (χ3n) is 15.8. The number of rotatable bonds is 8. The van der Waals surface area contributed by atoms with Crippen molar-refractivity contribution in [2.45, 2.75) is 43.4 Å². The Morgan fingerprint density at radius 3 is 1.16 bits per heavy atom. The predicted octanol–water partition coefficient (Wildman–Crippen LogP) is 13.8.